The van der Waals surface area contributed by atoms with Gasteiger partial charge < -0.3 is 5.32 Å². The number of hydrogen-bond donors (Lipinski definition) is 1. The smallest absolute Gasteiger partial charge is 0.243 e. The van der Waals surface area contributed by atoms with Crippen LogP contribution in [0.3, 0.4) is 0 Å². The lowest BCUT2D eigenvalue weighted by Gasteiger charge is -2.19. The third-order valence-corrected chi connectivity index (χ3v) is 5.53. The monoisotopic (exact) mass is 282 g/mol. The van der Waals surface area contributed by atoms with Crippen molar-refractivity contribution in [2.75, 3.05) is 18.4 Å². The van der Waals surface area contributed by atoms with Crippen LogP contribution in [0.25, 0.3) is 0 Å². The number of carbonyl (C=O) groups is 1. The van der Waals surface area contributed by atoms with Gasteiger partial charge in [0.15, 0.2) is 0 Å². The lowest BCUT2D eigenvalue weighted by atomic mass is 10.0. The number of amides is 1. The predicted octanol–water partition coefficient (Wildman–Crippen LogP) is 1.77. The highest BCUT2D eigenvalue weighted by Crippen LogP contribution is 2.34. The van der Waals surface area contributed by atoms with Gasteiger partial charge in [-0.2, -0.15) is 4.31 Å². The summed E-state index contributed by atoms with van der Waals surface area (Å²) in [5.74, 6) is -0.394. The molecule has 5 nitrogen and oxygen atoms in total. The third-order valence-electron chi connectivity index (χ3n) is 3.48. The maximum Gasteiger partial charge on any atom is 0.243 e. The van der Waals surface area contributed by atoms with Crippen molar-refractivity contribution in [1.29, 1.82) is 0 Å². The average molecular weight is 282 g/mol. The van der Waals surface area contributed by atoms with Crippen molar-refractivity contribution in [3.8, 4) is 0 Å². The van der Waals surface area contributed by atoms with Gasteiger partial charge in [-0.3, -0.25) is 4.79 Å². The Morgan fingerprint density at radius 1 is 1.26 bits per heavy atom. The van der Waals surface area contributed by atoms with Crippen molar-refractivity contribution in [2.45, 2.75) is 31.6 Å². The fraction of sp³-hybridized carbons (Fsp3) is 0.462. The fourth-order valence-corrected chi connectivity index (χ4v) is 3.76. The van der Waals surface area contributed by atoms with E-state index in [1.807, 2.05) is 13.8 Å². The molecule has 0 aromatic heterocycles. The zero-order valence-corrected chi connectivity index (χ0v) is 12.1. The van der Waals surface area contributed by atoms with Gasteiger partial charge in [-0.15, -0.1) is 0 Å². The lowest BCUT2D eigenvalue weighted by molar-refractivity contribution is -0.116. The van der Waals surface area contributed by atoms with Crippen LogP contribution in [0.2, 0.25) is 0 Å². The first-order chi connectivity index (χ1) is 8.91. The summed E-state index contributed by atoms with van der Waals surface area (Å²) in [5.41, 5.74) is 1.45. The number of nitrogens with zero attached hydrogens (tertiary/aromatic N) is 1. The standard InChI is InChI=1S/C13H18N2O3S/c1-4-15(5-2)19(17,18)10-6-7-12-11(8-10)9(3)13(16)14-12/h6-9H,4-5H2,1-3H3,(H,14,16). The number of sulfonamides is 1. The van der Waals surface area contributed by atoms with Crippen LogP contribution >= 0.6 is 0 Å². The van der Waals surface area contributed by atoms with Crippen molar-refractivity contribution in [3.05, 3.63) is 23.8 Å². The molecule has 19 heavy (non-hydrogen) atoms. The van der Waals surface area contributed by atoms with Crippen LogP contribution in [0.15, 0.2) is 23.1 Å². The van der Waals surface area contributed by atoms with Crippen LogP contribution in [0.1, 0.15) is 32.3 Å². The number of carbonyl (C=O) groups excluding carboxylic acids is 1. The summed E-state index contributed by atoms with van der Waals surface area (Å²) in [6.45, 7) is 6.25. The third kappa shape index (κ3) is 2.26. The van der Waals surface area contributed by atoms with Crippen LogP contribution in [-0.4, -0.2) is 31.7 Å². The largest absolute Gasteiger partial charge is 0.325 e. The Bertz CT molecular complexity index is 606. The van der Waals surface area contributed by atoms with Gasteiger partial charge in [0.25, 0.3) is 0 Å². The van der Waals surface area contributed by atoms with Gasteiger partial charge in [0.2, 0.25) is 15.9 Å². The van der Waals surface area contributed by atoms with E-state index in [2.05, 4.69) is 5.32 Å². The van der Waals surface area contributed by atoms with Gasteiger partial charge in [0.05, 0.1) is 10.8 Å². The number of fused-ring (bicyclic) bond motifs is 1. The summed E-state index contributed by atoms with van der Waals surface area (Å²) in [4.78, 5) is 11.8. The summed E-state index contributed by atoms with van der Waals surface area (Å²) in [7, 11) is -3.47. The number of nitrogens with one attached hydrogen (secondary N) is 1. The van der Waals surface area contributed by atoms with Crippen LogP contribution < -0.4 is 5.32 Å². The molecule has 0 spiro atoms. The Morgan fingerprint density at radius 2 is 1.89 bits per heavy atom. The van der Waals surface area contributed by atoms with Crippen molar-refractivity contribution in [2.24, 2.45) is 0 Å². The fourth-order valence-electron chi connectivity index (χ4n) is 2.27. The zero-order chi connectivity index (χ0) is 14.2. The molecule has 2 rings (SSSR count). The molecule has 1 aromatic carbocycles. The molecule has 104 valence electrons. The molecular weight excluding hydrogens is 264 g/mol. The summed E-state index contributed by atoms with van der Waals surface area (Å²) in [6, 6.07) is 4.81. The van der Waals surface area contributed by atoms with Crippen molar-refractivity contribution in [3.63, 3.8) is 0 Å². The van der Waals surface area contributed by atoms with E-state index in [4.69, 9.17) is 0 Å². The second-order valence-electron chi connectivity index (χ2n) is 4.55. The molecule has 0 saturated carbocycles. The quantitative estimate of drug-likeness (QED) is 0.915. The van der Waals surface area contributed by atoms with Crippen LogP contribution in [0, 0.1) is 0 Å². The Kier molecular flexibility index (Phi) is 3.64. The molecule has 1 unspecified atom stereocenters. The molecular formula is C13H18N2O3S. The SMILES string of the molecule is CCN(CC)S(=O)(=O)c1ccc2c(c1)C(C)C(=O)N2. The minimum Gasteiger partial charge on any atom is -0.325 e. The molecule has 0 saturated heterocycles. The van der Waals surface area contributed by atoms with Crippen LogP contribution in [0.5, 0.6) is 0 Å². The van der Waals surface area contributed by atoms with Crippen LogP contribution in [0.4, 0.5) is 5.69 Å². The molecule has 6 heteroatoms. The summed E-state index contributed by atoms with van der Waals surface area (Å²) in [5, 5.41) is 2.74. The summed E-state index contributed by atoms with van der Waals surface area (Å²) < 4.78 is 26.2. The van der Waals surface area contributed by atoms with E-state index in [9.17, 15) is 13.2 Å². The molecule has 0 bridgehead atoms. The molecule has 1 aliphatic rings. The number of benzene rings is 1. The predicted molar refractivity (Wildman–Crippen MR) is 73.6 cm³/mol. The maximum atomic E-state index is 12.4. The molecule has 1 amide bonds. The number of hydrogen-bond acceptors (Lipinski definition) is 3. The van der Waals surface area contributed by atoms with Gasteiger partial charge in [0, 0.05) is 18.8 Å². The Balaban J connectivity index is 2.47. The minimum atomic E-state index is -3.47. The number of anilines is 1. The van der Waals surface area contributed by atoms with Crippen LogP contribution in [-0.2, 0) is 14.8 Å². The highest BCUT2D eigenvalue weighted by Gasteiger charge is 2.29. The highest BCUT2D eigenvalue weighted by atomic mass is 32.2. The summed E-state index contributed by atoms with van der Waals surface area (Å²) >= 11 is 0. The molecule has 0 radical (unpaired) electrons. The first-order valence-corrected chi connectivity index (χ1v) is 7.80. The zero-order valence-electron chi connectivity index (χ0n) is 11.3. The first-order valence-electron chi connectivity index (χ1n) is 6.36. The minimum absolute atomic E-state index is 0.0904. The molecule has 0 aliphatic carbocycles. The molecule has 1 atom stereocenters. The maximum absolute atomic E-state index is 12.4. The van der Waals surface area contributed by atoms with Gasteiger partial charge in [-0.25, -0.2) is 8.42 Å². The highest BCUT2D eigenvalue weighted by molar-refractivity contribution is 7.89. The Hall–Kier alpha value is -1.40. The lowest BCUT2D eigenvalue weighted by Crippen LogP contribution is -2.30. The van der Waals surface area contributed by atoms with E-state index in [0.29, 0.717) is 18.8 Å². The average Bonchev–Trinajstić information content (AvgIpc) is 2.66. The Labute approximate surface area is 113 Å². The molecule has 1 N–H and O–H groups in total. The molecule has 1 aromatic rings. The number of rotatable bonds is 4. The molecule has 1 heterocycles. The van der Waals surface area contributed by atoms with E-state index in [1.165, 1.54) is 4.31 Å². The topological polar surface area (TPSA) is 66.5 Å². The van der Waals surface area contributed by atoms with E-state index in [0.717, 1.165) is 5.56 Å². The van der Waals surface area contributed by atoms with E-state index >= 15 is 0 Å². The van der Waals surface area contributed by atoms with Crippen molar-refractivity contribution >= 4 is 21.6 Å². The van der Waals surface area contributed by atoms with Gasteiger partial charge in [-0.05, 0) is 30.7 Å². The second-order valence-corrected chi connectivity index (χ2v) is 6.49. The van der Waals surface area contributed by atoms with Crippen molar-refractivity contribution in [1.82, 2.24) is 4.31 Å². The van der Waals surface area contributed by atoms with E-state index in [-0.39, 0.29) is 16.7 Å². The second kappa shape index (κ2) is 4.94. The molecule has 1 aliphatic heterocycles. The van der Waals surface area contributed by atoms with Gasteiger partial charge in [0.1, 0.15) is 0 Å². The Morgan fingerprint density at radius 3 is 2.47 bits per heavy atom. The normalized spacial score (nSPS) is 18.5. The van der Waals surface area contributed by atoms with E-state index < -0.39 is 10.0 Å². The van der Waals surface area contributed by atoms with Crippen molar-refractivity contribution < 1.29 is 13.2 Å². The molecule has 0 fully saturated rings. The van der Waals surface area contributed by atoms with Gasteiger partial charge in [-0.1, -0.05) is 13.8 Å². The van der Waals surface area contributed by atoms with E-state index in [1.54, 1.807) is 25.1 Å². The first kappa shape index (κ1) is 14.0. The summed E-state index contributed by atoms with van der Waals surface area (Å²) in [6.07, 6.45) is 0. The van der Waals surface area contributed by atoms with Gasteiger partial charge >= 0.3 is 0 Å².